The van der Waals surface area contributed by atoms with Crippen molar-refractivity contribution in [2.24, 2.45) is 11.8 Å². The number of pyridine rings is 2. The minimum absolute atomic E-state index is 0.0148. The molecule has 3 aliphatic heterocycles. The lowest BCUT2D eigenvalue weighted by Gasteiger charge is -2.33. The SMILES string of the molecule is C=CC1C[C@]1(NC(=O)[C@@H]1C[C@@H]2CN1C(=O)[C@H](C1CCCC1)NC(=O)N1CC[C@@H](C1)OCCC/C=C/c1cc3cccnc3nc1O2)C(=O)NS(=O)(=O)C1CC1. The molecule has 4 bridgehead atoms. The van der Waals surface area contributed by atoms with E-state index in [-0.39, 0.29) is 37.4 Å². The minimum atomic E-state index is -3.89. The zero-order valence-corrected chi connectivity index (χ0v) is 31.7. The number of carbonyl (C=O) groups excluding carboxylic acids is 4. The molecule has 55 heavy (non-hydrogen) atoms. The van der Waals surface area contributed by atoms with Gasteiger partial charge in [-0.2, -0.15) is 4.98 Å². The summed E-state index contributed by atoms with van der Waals surface area (Å²) in [6.07, 6.45) is 13.1. The van der Waals surface area contributed by atoms with Crippen LogP contribution in [0.3, 0.4) is 0 Å². The second kappa shape index (κ2) is 15.2. The van der Waals surface area contributed by atoms with Crippen LogP contribution in [-0.4, -0.2) is 113 Å². The maximum atomic E-state index is 14.8. The van der Waals surface area contributed by atoms with Gasteiger partial charge in [0, 0.05) is 49.2 Å². The number of rotatable bonds is 7. The molecule has 1 unspecified atom stereocenters. The molecule has 0 radical (unpaired) electrons. The normalized spacial score (nSPS) is 31.0. The lowest BCUT2D eigenvalue weighted by molar-refractivity contribution is -0.142. The van der Waals surface area contributed by atoms with Crippen molar-refractivity contribution >= 4 is 50.9 Å². The number of hydrogen-bond acceptors (Lipinski definition) is 10. The lowest BCUT2D eigenvalue weighted by Crippen LogP contribution is -2.59. The van der Waals surface area contributed by atoms with Crippen LogP contribution in [0.1, 0.15) is 76.2 Å². The van der Waals surface area contributed by atoms with E-state index >= 15 is 0 Å². The lowest BCUT2D eigenvalue weighted by atomic mass is 9.96. The number of urea groups is 1. The fraction of sp³-hybridized carbons (Fsp3) is 0.590. The highest BCUT2D eigenvalue weighted by Gasteiger charge is 2.62. The van der Waals surface area contributed by atoms with Crippen LogP contribution < -0.4 is 20.1 Å². The van der Waals surface area contributed by atoms with Crippen LogP contribution in [0.15, 0.2) is 43.1 Å². The summed E-state index contributed by atoms with van der Waals surface area (Å²) >= 11 is 0. The van der Waals surface area contributed by atoms with Gasteiger partial charge in [0.05, 0.1) is 17.9 Å². The van der Waals surface area contributed by atoms with E-state index in [1.54, 1.807) is 11.1 Å². The number of allylic oxidation sites excluding steroid dienone is 1. The Balaban J connectivity index is 1.12. The van der Waals surface area contributed by atoms with Crippen molar-refractivity contribution in [3.05, 3.63) is 48.7 Å². The van der Waals surface area contributed by atoms with Crippen LogP contribution in [0.2, 0.25) is 0 Å². The standard InChI is InChI=1S/C39H49N7O8S/c1-2-27-21-39(27,37(49)44-55(51,52)30-13-14-30)43-34(47)31-20-29-23-46(31)36(48)32(24-9-5-6-10-24)41-38(50)45-17-15-28(22-45)53-18-7-3-4-11-26-19-25-12-8-16-40-33(25)42-35(26)54-29/h2,4,8,11-12,16,19,24,27-32H,1,3,5-7,9-10,13-15,17-18,20-23H2,(H,41,50)(H,43,47)(H,44,49)/b11-4+/t27?,28-,29+,31-,32-,39+/m0/s1. The second-order valence-corrected chi connectivity index (χ2v) is 17.8. The van der Waals surface area contributed by atoms with Gasteiger partial charge in [-0.15, -0.1) is 6.58 Å². The van der Waals surface area contributed by atoms with Gasteiger partial charge in [-0.05, 0) is 75.5 Å². The number of sulfonamides is 1. The number of carbonyl (C=O) groups is 4. The van der Waals surface area contributed by atoms with E-state index in [2.05, 4.69) is 26.9 Å². The van der Waals surface area contributed by atoms with E-state index in [0.717, 1.165) is 43.9 Å². The van der Waals surface area contributed by atoms with Crippen molar-refractivity contribution < 1.29 is 37.1 Å². The van der Waals surface area contributed by atoms with E-state index in [4.69, 9.17) is 14.5 Å². The van der Waals surface area contributed by atoms with Crippen molar-refractivity contribution in [3.63, 3.8) is 0 Å². The van der Waals surface area contributed by atoms with Gasteiger partial charge in [0.1, 0.15) is 23.7 Å². The first kappa shape index (κ1) is 37.4. The molecule has 3 aliphatic carbocycles. The number of nitrogens with one attached hydrogen (secondary N) is 3. The fourth-order valence-corrected chi connectivity index (χ4v) is 9.92. The van der Waals surface area contributed by atoms with Crippen LogP contribution in [0.4, 0.5) is 4.79 Å². The maximum absolute atomic E-state index is 14.8. The summed E-state index contributed by atoms with van der Waals surface area (Å²) in [6, 6.07) is 3.36. The van der Waals surface area contributed by atoms with E-state index in [1.165, 1.54) is 11.0 Å². The number of fused-ring (bicyclic) bond motifs is 6. The highest BCUT2D eigenvalue weighted by atomic mass is 32.2. The Labute approximate surface area is 320 Å². The second-order valence-electron chi connectivity index (χ2n) is 15.8. The highest BCUT2D eigenvalue weighted by molar-refractivity contribution is 7.91. The summed E-state index contributed by atoms with van der Waals surface area (Å²) in [5, 5.41) is 6.11. The first-order chi connectivity index (χ1) is 26.5. The third-order valence-electron chi connectivity index (χ3n) is 12.0. The first-order valence-corrected chi connectivity index (χ1v) is 21.2. The maximum Gasteiger partial charge on any atom is 0.318 e. The summed E-state index contributed by atoms with van der Waals surface area (Å²) in [6.45, 7) is 5.29. The van der Waals surface area contributed by atoms with Gasteiger partial charge >= 0.3 is 6.03 Å². The molecule has 6 aliphatic rings. The summed E-state index contributed by atoms with van der Waals surface area (Å²) in [5.74, 6) is -2.17. The predicted octanol–water partition coefficient (Wildman–Crippen LogP) is 2.81. The Morgan fingerprint density at radius 3 is 2.65 bits per heavy atom. The molecule has 6 atom stereocenters. The Kier molecular flexibility index (Phi) is 10.3. The average Bonchev–Trinajstić information content (AvgIpc) is 3.94. The van der Waals surface area contributed by atoms with Crippen LogP contribution in [0.25, 0.3) is 17.1 Å². The molecule has 294 valence electrons. The van der Waals surface area contributed by atoms with Gasteiger partial charge in [-0.1, -0.05) is 31.1 Å². The summed E-state index contributed by atoms with van der Waals surface area (Å²) in [7, 11) is -3.89. The smallest absolute Gasteiger partial charge is 0.318 e. The molecule has 0 aromatic carbocycles. The van der Waals surface area contributed by atoms with Gasteiger partial charge in [-0.3, -0.25) is 19.1 Å². The number of amides is 5. The molecular weight excluding hydrogens is 727 g/mol. The molecule has 0 spiro atoms. The predicted molar refractivity (Wildman–Crippen MR) is 202 cm³/mol. The van der Waals surface area contributed by atoms with Crippen molar-refractivity contribution in [2.45, 2.75) is 106 Å². The highest BCUT2D eigenvalue weighted by Crippen LogP contribution is 2.45. The largest absolute Gasteiger partial charge is 0.472 e. The molecule has 15 nitrogen and oxygen atoms in total. The number of ether oxygens (including phenoxy) is 2. The monoisotopic (exact) mass is 775 g/mol. The van der Waals surface area contributed by atoms with Crippen LogP contribution in [0.5, 0.6) is 5.88 Å². The molecule has 5 amide bonds. The van der Waals surface area contributed by atoms with E-state index in [9.17, 15) is 27.6 Å². The average molecular weight is 776 g/mol. The molecule has 5 fully saturated rings. The van der Waals surface area contributed by atoms with E-state index < -0.39 is 62.6 Å². The van der Waals surface area contributed by atoms with Crippen molar-refractivity contribution in [2.75, 3.05) is 26.2 Å². The number of hydrogen-bond donors (Lipinski definition) is 3. The van der Waals surface area contributed by atoms with Crippen LogP contribution >= 0.6 is 0 Å². The molecule has 5 heterocycles. The third kappa shape index (κ3) is 7.80. The Morgan fingerprint density at radius 2 is 1.89 bits per heavy atom. The van der Waals surface area contributed by atoms with Crippen molar-refractivity contribution in [3.8, 4) is 5.88 Å². The summed E-state index contributed by atoms with van der Waals surface area (Å²) < 4.78 is 40.4. The van der Waals surface area contributed by atoms with Crippen molar-refractivity contribution in [1.29, 1.82) is 0 Å². The molecule has 2 aromatic heterocycles. The third-order valence-corrected chi connectivity index (χ3v) is 13.8. The number of aromatic nitrogens is 2. The van der Waals surface area contributed by atoms with E-state index in [0.29, 0.717) is 56.0 Å². The fourth-order valence-electron chi connectivity index (χ4n) is 8.56. The summed E-state index contributed by atoms with van der Waals surface area (Å²) in [4.78, 5) is 69.0. The zero-order chi connectivity index (χ0) is 38.3. The molecule has 2 saturated heterocycles. The Hall–Kier alpha value is -4.57. The van der Waals surface area contributed by atoms with Gasteiger partial charge in [0.25, 0.3) is 5.91 Å². The van der Waals surface area contributed by atoms with Gasteiger partial charge < -0.3 is 29.9 Å². The molecule has 3 N–H and O–H groups in total. The first-order valence-electron chi connectivity index (χ1n) is 19.6. The summed E-state index contributed by atoms with van der Waals surface area (Å²) in [5.41, 5.74) is -0.336. The van der Waals surface area contributed by atoms with Crippen molar-refractivity contribution in [1.82, 2.24) is 35.1 Å². The molecular formula is C39H49N7O8S. The Bertz CT molecular complexity index is 2000. The molecule has 16 heteroatoms. The molecule has 8 rings (SSSR count). The van der Waals surface area contributed by atoms with Gasteiger partial charge in [0.15, 0.2) is 5.65 Å². The van der Waals surface area contributed by atoms with Gasteiger partial charge in [-0.25, -0.2) is 18.2 Å². The van der Waals surface area contributed by atoms with Crippen LogP contribution in [0, 0.1) is 11.8 Å². The topological polar surface area (TPSA) is 189 Å². The zero-order valence-electron chi connectivity index (χ0n) is 30.9. The van der Waals surface area contributed by atoms with E-state index in [1.807, 2.05) is 30.4 Å². The molecule has 2 aromatic rings. The number of nitrogens with zero attached hydrogens (tertiary/aromatic N) is 4. The Morgan fingerprint density at radius 1 is 1.07 bits per heavy atom. The van der Waals surface area contributed by atoms with Crippen LogP contribution in [-0.2, 0) is 29.1 Å². The molecule has 3 saturated carbocycles. The van der Waals surface area contributed by atoms with Gasteiger partial charge in [0.2, 0.25) is 27.7 Å². The minimum Gasteiger partial charge on any atom is -0.472 e. The quantitative estimate of drug-likeness (QED) is 0.353.